The van der Waals surface area contributed by atoms with E-state index in [4.69, 9.17) is 0 Å². The average Bonchev–Trinajstić information content (AvgIpc) is 3.32. The maximum atomic E-state index is 14.2. The number of hydrogen-bond donors (Lipinski definition) is 1. The van der Waals surface area contributed by atoms with E-state index in [1.54, 1.807) is 0 Å². The molecule has 0 amide bonds. The van der Waals surface area contributed by atoms with Gasteiger partial charge in [-0.25, -0.2) is 0 Å². The Kier molecular flexibility index (Phi) is 6.09. The molecule has 1 aliphatic heterocycles. The highest BCUT2D eigenvalue weighted by Crippen LogP contribution is 2.50. The van der Waals surface area contributed by atoms with E-state index in [9.17, 15) is 9.59 Å². The molecule has 0 aromatic heterocycles. The van der Waals surface area contributed by atoms with Gasteiger partial charge in [-0.1, -0.05) is 75.8 Å². The van der Waals surface area contributed by atoms with Crippen LogP contribution in [0, 0.1) is 30.1 Å². The standard InChI is InChI=1S/C30H39NO2/c1-19-13-15-22(16-14-19)29(33)27-25(20-9-5-4-6-10-20)26-23(17-30(2,3)18-24(26)32)31-28(27)21-11-7-8-12-21/h13-16,20-21,25,31H,4-12,17-18H2,1-3H3. The van der Waals surface area contributed by atoms with Crippen molar-refractivity contribution >= 4 is 11.6 Å². The zero-order valence-corrected chi connectivity index (χ0v) is 20.6. The van der Waals surface area contributed by atoms with Gasteiger partial charge in [0.1, 0.15) is 0 Å². The molecule has 4 aliphatic rings. The van der Waals surface area contributed by atoms with Crippen molar-refractivity contribution in [3.05, 3.63) is 57.9 Å². The first-order valence-corrected chi connectivity index (χ1v) is 13.2. The topological polar surface area (TPSA) is 46.2 Å². The number of nitrogens with one attached hydrogen (secondary N) is 1. The SMILES string of the molecule is Cc1ccc(C(=O)C2=C(C3CCCC3)NC3=C(C(=O)CC(C)(C)C3)C2C2CCCCC2)cc1. The molecule has 0 bridgehead atoms. The molecule has 2 saturated carbocycles. The van der Waals surface area contributed by atoms with Crippen molar-refractivity contribution in [2.45, 2.75) is 91.4 Å². The Labute approximate surface area is 199 Å². The molecule has 5 rings (SSSR count). The second-order valence-corrected chi connectivity index (χ2v) is 11.8. The summed E-state index contributed by atoms with van der Waals surface area (Å²) in [5.74, 6) is 1.19. The molecule has 33 heavy (non-hydrogen) atoms. The number of carbonyl (C=O) groups is 2. The minimum Gasteiger partial charge on any atom is -0.361 e. The average molecular weight is 446 g/mol. The number of rotatable bonds is 4. The minimum absolute atomic E-state index is 0.0285. The molecule has 0 saturated heterocycles. The molecule has 3 aliphatic carbocycles. The van der Waals surface area contributed by atoms with Gasteiger partial charge in [0.2, 0.25) is 0 Å². The highest BCUT2D eigenvalue weighted by molar-refractivity contribution is 6.12. The van der Waals surface area contributed by atoms with Crippen LogP contribution in [0.5, 0.6) is 0 Å². The van der Waals surface area contributed by atoms with Crippen LogP contribution in [0.3, 0.4) is 0 Å². The van der Waals surface area contributed by atoms with Crippen molar-refractivity contribution in [3.8, 4) is 0 Å². The van der Waals surface area contributed by atoms with Crippen molar-refractivity contribution in [2.75, 3.05) is 0 Å². The van der Waals surface area contributed by atoms with E-state index in [0.717, 1.165) is 65.8 Å². The molecule has 3 nitrogen and oxygen atoms in total. The minimum atomic E-state index is -0.0328. The Morgan fingerprint density at radius 2 is 1.55 bits per heavy atom. The normalized spacial score (nSPS) is 26.4. The molecule has 0 radical (unpaired) electrons. The van der Waals surface area contributed by atoms with Crippen LogP contribution >= 0.6 is 0 Å². The van der Waals surface area contributed by atoms with Crippen LogP contribution < -0.4 is 5.32 Å². The lowest BCUT2D eigenvalue weighted by atomic mass is 9.63. The van der Waals surface area contributed by atoms with E-state index in [-0.39, 0.29) is 22.9 Å². The second-order valence-electron chi connectivity index (χ2n) is 11.8. The number of allylic oxidation sites excluding steroid dienone is 4. The first kappa shape index (κ1) is 22.6. The molecule has 2 fully saturated rings. The lowest BCUT2D eigenvalue weighted by Gasteiger charge is -2.44. The van der Waals surface area contributed by atoms with Crippen molar-refractivity contribution in [2.24, 2.45) is 23.2 Å². The Morgan fingerprint density at radius 1 is 0.909 bits per heavy atom. The molecular weight excluding hydrogens is 406 g/mol. The molecule has 3 heteroatoms. The van der Waals surface area contributed by atoms with E-state index in [2.05, 4.69) is 26.1 Å². The van der Waals surface area contributed by atoms with Gasteiger partial charge in [0, 0.05) is 40.4 Å². The Bertz CT molecular complexity index is 998. The molecule has 1 aromatic carbocycles. The van der Waals surface area contributed by atoms with E-state index < -0.39 is 0 Å². The molecular formula is C30H39NO2. The Morgan fingerprint density at radius 3 is 2.21 bits per heavy atom. The monoisotopic (exact) mass is 445 g/mol. The summed E-state index contributed by atoms with van der Waals surface area (Å²) >= 11 is 0. The molecule has 1 aromatic rings. The number of benzene rings is 1. The summed E-state index contributed by atoms with van der Waals surface area (Å²) in [6, 6.07) is 8.02. The van der Waals surface area contributed by atoms with Gasteiger partial charge in [0.15, 0.2) is 11.6 Å². The Balaban J connectivity index is 1.67. The van der Waals surface area contributed by atoms with Crippen LogP contribution in [0.4, 0.5) is 0 Å². The first-order chi connectivity index (χ1) is 15.8. The summed E-state index contributed by atoms with van der Waals surface area (Å²) in [5, 5.41) is 3.78. The summed E-state index contributed by atoms with van der Waals surface area (Å²) in [6.07, 6.45) is 12.2. The van der Waals surface area contributed by atoms with Crippen LogP contribution in [0.15, 0.2) is 46.8 Å². The fourth-order valence-corrected chi connectivity index (χ4v) is 6.95. The molecule has 1 N–H and O–H groups in total. The molecule has 1 atom stereocenters. The quantitative estimate of drug-likeness (QED) is 0.504. The van der Waals surface area contributed by atoms with Gasteiger partial charge in [-0.2, -0.15) is 0 Å². The molecule has 1 unspecified atom stereocenters. The number of Topliss-reactive ketones (excluding diaryl/α,β-unsaturated/α-hetero) is 2. The second kappa shape index (κ2) is 8.89. The van der Waals surface area contributed by atoms with Crippen molar-refractivity contribution in [1.82, 2.24) is 5.32 Å². The molecule has 0 spiro atoms. The third-order valence-corrected chi connectivity index (χ3v) is 8.56. The fourth-order valence-electron chi connectivity index (χ4n) is 6.95. The first-order valence-electron chi connectivity index (χ1n) is 13.2. The summed E-state index contributed by atoms with van der Waals surface area (Å²) in [4.78, 5) is 27.9. The van der Waals surface area contributed by atoms with Crippen LogP contribution in [0.1, 0.15) is 100 Å². The number of hydrogen-bond acceptors (Lipinski definition) is 3. The zero-order chi connectivity index (χ0) is 23.2. The van der Waals surface area contributed by atoms with Crippen LogP contribution in [0.25, 0.3) is 0 Å². The van der Waals surface area contributed by atoms with Gasteiger partial charge in [0.25, 0.3) is 0 Å². The number of dihydropyridines is 1. The van der Waals surface area contributed by atoms with Gasteiger partial charge in [0.05, 0.1) is 0 Å². The van der Waals surface area contributed by atoms with Crippen molar-refractivity contribution < 1.29 is 9.59 Å². The fraction of sp³-hybridized carbons (Fsp3) is 0.600. The lowest BCUT2D eigenvalue weighted by molar-refractivity contribution is -0.118. The van der Waals surface area contributed by atoms with Gasteiger partial charge in [-0.05, 0) is 56.3 Å². The van der Waals surface area contributed by atoms with Gasteiger partial charge < -0.3 is 5.32 Å². The lowest BCUT2D eigenvalue weighted by Crippen LogP contribution is -2.43. The van der Waals surface area contributed by atoms with Crippen molar-refractivity contribution in [3.63, 3.8) is 0 Å². The zero-order valence-electron chi connectivity index (χ0n) is 20.6. The molecule has 176 valence electrons. The summed E-state index contributed by atoms with van der Waals surface area (Å²) in [7, 11) is 0. The maximum absolute atomic E-state index is 14.2. The van der Waals surface area contributed by atoms with Gasteiger partial charge in [-0.15, -0.1) is 0 Å². The van der Waals surface area contributed by atoms with Gasteiger partial charge in [-0.3, -0.25) is 9.59 Å². The van der Waals surface area contributed by atoms with E-state index in [1.165, 1.54) is 32.1 Å². The van der Waals surface area contributed by atoms with Gasteiger partial charge >= 0.3 is 0 Å². The maximum Gasteiger partial charge on any atom is 0.191 e. The predicted octanol–water partition coefficient (Wildman–Crippen LogP) is 7.06. The summed E-state index contributed by atoms with van der Waals surface area (Å²) in [6.45, 7) is 6.47. The highest BCUT2D eigenvalue weighted by atomic mass is 16.1. The number of ketones is 2. The smallest absolute Gasteiger partial charge is 0.191 e. The van der Waals surface area contributed by atoms with E-state index >= 15 is 0 Å². The van der Waals surface area contributed by atoms with Crippen molar-refractivity contribution in [1.29, 1.82) is 0 Å². The highest BCUT2D eigenvalue weighted by Gasteiger charge is 2.46. The van der Waals surface area contributed by atoms with Crippen LogP contribution in [0.2, 0.25) is 0 Å². The predicted molar refractivity (Wildman–Crippen MR) is 133 cm³/mol. The van der Waals surface area contributed by atoms with E-state index in [0.29, 0.717) is 18.3 Å². The number of carbonyl (C=O) groups excluding carboxylic acids is 2. The third kappa shape index (κ3) is 4.36. The van der Waals surface area contributed by atoms with E-state index in [1.807, 2.05) is 24.3 Å². The van der Waals surface area contributed by atoms with Crippen LogP contribution in [-0.4, -0.2) is 11.6 Å². The summed E-state index contributed by atoms with van der Waals surface area (Å²) in [5.41, 5.74) is 6.09. The Hall–Kier alpha value is -2.16. The largest absolute Gasteiger partial charge is 0.361 e. The number of aryl methyl sites for hydroxylation is 1. The molecule has 1 heterocycles. The van der Waals surface area contributed by atoms with Crippen LogP contribution in [-0.2, 0) is 4.79 Å². The summed E-state index contributed by atoms with van der Waals surface area (Å²) < 4.78 is 0. The third-order valence-electron chi connectivity index (χ3n) is 8.56.